The van der Waals surface area contributed by atoms with Crippen LogP contribution in [-0.2, 0) is 6.42 Å². The Morgan fingerprint density at radius 3 is 2.68 bits per heavy atom. The number of allylic oxidation sites excluding steroid dienone is 1. The molecule has 0 aliphatic heterocycles. The lowest BCUT2D eigenvalue weighted by atomic mass is 10.1. The highest BCUT2D eigenvalue weighted by Crippen LogP contribution is 2.20. The number of anilines is 2. The van der Waals surface area contributed by atoms with Crippen LogP contribution in [0.25, 0.3) is 0 Å². The number of carbonyl (C=O) groups is 1. The highest BCUT2D eigenvalue weighted by Gasteiger charge is 2.13. The van der Waals surface area contributed by atoms with Crippen LogP contribution in [-0.4, -0.2) is 25.0 Å². The molecular weight excluding hydrogens is 278 g/mol. The van der Waals surface area contributed by atoms with Gasteiger partial charge in [0.05, 0.1) is 24.6 Å². The third-order valence-electron chi connectivity index (χ3n) is 3.19. The van der Waals surface area contributed by atoms with Crippen molar-refractivity contribution in [2.75, 3.05) is 24.8 Å². The number of pyridine rings is 1. The van der Waals surface area contributed by atoms with Crippen LogP contribution in [0.4, 0.5) is 11.4 Å². The number of rotatable bonds is 6. The molecule has 5 heteroatoms. The van der Waals surface area contributed by atoms with Crippen LogP contribution in [0, 0.1) is 0 Å². The van der Waals surface area contributed by atoms with Gasteiger partial charge in [-0.3, -0.25) is 4.79 Å². The highest BCUT2D eigenvalue weighted by molar-refractivity contribution is 6.08. The number of nitrogens with zero attached hydrogens (tertiary/aromatic N) is 1. The van der Waals surface area contributed by atoms with Crippen LogP contribution in [0.2, 0.25) is 0 Å². The number of amides is 1. The standard InChI is InChI=1S/C17H19N3O2/c1-4-5-12-6-8-13(9-7-12)20-17(21)14-10-16(22-3)19-11-15(14)18-2/h4,6-11,18H,1,5H2,2-3H3,(H,20,21). The minimum atomic E-state index is -0.221. The summed E-state index contributed by atoms with van der Waals surface area (Å²) in [5.74, 6) is 0.173. The van der Waals surface area contributed by atoms with Crippen LogP contribution in [0.1, 0.15) is 15.9 Å². The molecule has 0 saturated carbocycles. The van der Waals surface area contributed by atoms with Crippen molar-refractivity contribution >= 4 is 17.3 Å². The molecule has 0 aliphatic carbocycles. The summed E-state index contributed by atoms with van der Waals surface area (Å²) in [7, 11) is 3.26. The zero-order valence-corrected chi connectivity index (χ0v) is 12.7. The van der Waals surface area contributed by atoms with E-state index >= 15 is 0 Å². The van der Waals surface area contributed by atoms with E-state index in [-0.39, 0.29) is 5.91 Å². The zero-order valence-electron chi connectivity index (χ0n) is 12.7. The summed E-state index contributed by atoms with van der Waals surface area (Å²) in [4.78, 5) is 16.5. The second-order valence-corrected chi connectivity index (χ2v) is 4.67. The third kappa shape index (κ3) is 3.63. The van der Waals surface area contributed by atoms with Gasteiger partial charge in [-0.25, -0.2) is 4.98 Å². The van der Waals surface area contributed by atoms with E-state index in [9.17, 15) is 4.79 Å². The average molecular weight is 297 g/mol. The predicted octanol–water partition coefficient (Wildman–Crippen LogP) is 3.11. The van der Waals surface area contributed by atoms with E-state index in [0.29, 0.717) is 17.1 Å². The number of hydrogen-bond acceptors (Lipinski definition) is 4. The molecule has 0 bridgehead atoms. The molecule has 1 heterocycles. The van der Waals surface area contributed by atoms with E-state index in [1.165, 1.54) is 7.11 Å². The van der Waals surface area contributed by atoms with Gasteiger partial charge in [0.2, 0.25) is 5.88 Å². The molecule has 0 atom stereocenters. The molecule has 0 radical (unpaired) electrons. The topological polar surface area (TPSA) is 63.2 Å². The summed E-state index contributed by atoms with van der Waals surface area (Å²) < 4.78 is 5.07. The summed E-state index contributed by atoms with van der Waals surface area (Å²) in [5.41, 5.74) is 3.00. The Balaban J connectivity index is 2.19. The van der Waals surface area contributed by atoms with Gasteiger partial charge in [0.1, 0.15) is 0 Å². The van der Waals surface area contributed by atoms with Crippen molar-refractivity contribution in [3.05, 3.63) is 60.3 Å². The fourth-order valence-electron chi connectivity index (χ4n) is 2.02. The monoisotopic (exact) mass is 297 g/mol. The number of hydrogen-bond donors (Lipinski definition) is 2. The lowest BCUT2D eigenvalue weighted by Gasteiger charge is -2.11. The summed E-state index contributed by atoms with van der Waals surface area (Å²) in [6.07, 6.45) is 4.22. The maximum absolute atomic E-state index is 12.4. The Hall–Kier alpha value is -2.82. The van der Waals surface area contributed by atoms with Gasteiger partial charge in [-0.05, 0) is 24.1 Å². The number of methoxy groups -OCH3 is 1. The van der Waals surface area contributed by atoms with E-state index in [4.69, 9.17) is 4.74 Å². The fourth-order valence-corrected chi connectivity index (χ4v) is 2.02. The van der Waals surface area contributed by atoms with Crippen molar-refractivity contribution in [3.8, 4) is 5.88 Å². The molecule has 2 aromatic rings. The molecule has 5 nitrogen and oxygen atoms in total. The van der Waals surface area contributed by atoms with Crippen LogP contribution in [0.3, 0.4) is 0 Å². The van der Waals surface area contributed by atoms with Crippen LogP contribution in [0.15, 0.2) is 49.2 Å². The third-order valence-corrected chi connectivity index (χ3v) is 3.19. The van der Waals surface area contributed by atoms with Crippen molar-refractivity contribution in [2.24, 2.45) is 0 Å². The Morgan fingerprint density at radius 2 is 2.09 bits per heavy atom. The van der Waals surface area contributed by atoms with Gasteiger partial charge in [-0.2, -0.15) is 0 Å². The lowest BCUT2D eigenvalue weighted by molar-refractivity contribution is 0.102. The maximum Gasteiger partial charge on any atom is 0.258 e. The molecular formula is C17H19N3O2. The van der Waals surface area contributed by atoms with E-state index in [2.05, 4.69) is 22.2 Å². The van der Waals surface area contributed by atoms with Gasteiger partial charge >= 0.3 is 0 Å². The minimum Gasteiger partial charge on any atom is -0.481 e. The van der Waals surface area contributed by atoms with Crippen molar-refractivity contribution in [1.82, 2.24) is 4.98 Å². The summed E-state index contributed by atoms with van der Waals surface area (Å²) in [6, 6.07) is 9.27. The smallest absolute Gasteiger partial charge is 0.258 e. The summed E-state index contributed by atoms with van der Waals surface area (Å²) >= 11 is 0. The van der Waals surface area contributed by atoms with Gasteiger partial charge in [0.25, 0.3) is 5.91 Å². The second kappa shape index (κ2) is 7.26. The Labute approximate surface area is 130 Å². The van der Waals surface area contributed by atoms with Gasteiger partial charge in [0.15, 0.2) is 0 Å². The summed E-state index contributed by atoms with van der Waals surface area (Å²) in [6.45, 7) is 3.71. The molecule has 0 unspecified atom stereocenters. The van der Waals surface area contributed by atoms with E-state index in [1.54, 1.807) is 19.3 Å². The van der Waals surface area contributed by atoms with Gasteiger partial charge < -0.3 is 15.4 Å². The van der Waals surface area contributed by atoms with E-state index < -0.39 is 0 Å². The highest BCUT2D eigenvalue weighted by atomic mass is 16.5. The molecule has 0 fully saturated rings. The first-order chi connectivity index (χ1) is 10.7. The Morgan fingerprint density at radius 1 is 1.36 bits per heavy atom. The molecule has 0 aliphatic rings. The van der Waals surface area contributed by atoms with Crippen molar-refractivity contribution in [1.29, 1.82) is 0 Å². The largest absolute Gasteiger partial charge is 0.481 e. The normalized spacial score (nSPS) is 9.91. The molecule has 2 rings (SSSR count). The van der Waals surface area contributed by atoms with Crippen molar-refractivity contribution in [2.45, 2.75) is 6.42 Å². The first kappa shape index (κ1) is 15.6. The number of benzene rings is 1. The first-order valence-electron chi connectivity index (χ1n) is 6.91. The van der Waals surface area contributed by atoms with Gasteiger partial charge in [-0.15, -0.1) is 6.58 Å². The molecule has 1 amide bonds. The Kier molecular flexibility index (Phi) is 5.14. The SMILES string of the molecule is C=CCc1ccc(NC(=O)c2cc(OC)ncc2NC)cc1. The van der Waals surface area contributed by atoms with Crippen LogP contribution < -0.4 is 15.4 Å². The molecule has 1 aromatic carbocycles. The van der Waals surface area contributed by atoms with Crippen LogP contribution >= 0.6 is 0 Å². The molecule has 114 valence electrons. The lowest BCUT2D eigenvalue weighted by Crippen LogP contribution is -2.14. The van der Waals surface area contributed by atoms with Gasteiger partial charge in [-0.1, -0.05) is 18.2 Å². The summed E-state index contributed by atoms with van der Waals surface area (Å²) in [5, 5.41) is 5.81. The quantitative estimate of drug-likeness (QED) is 0.804. The predicted molar refractivity (Wildman–Crippen MR) is 88.6 cm³/mol. The van der Waals surface area contributed by atoms with Crippen molar-refractivity contribution < 1.29 is 9.53 Å². The number of carbonyl (C=O) groups excluding carboxylic acids is 1. The minimum absolute atomic E-state index is 0.221. The molecule has 22 heavy (non-hydrogen) atoms. The van der Waals surface area contributed by atoms with Gasteiger partial charge in [0, 0.05) is 18.8 Å². The molecule has 2 N–H and O–H groups in total. The molecule has 1 aromatic heterocycles. The fraction of sp³-hybridized carbons (Fsp3) is 0.176. The van der Waals surface area contributed by atoms with E-state index in [1.807, 2.05) is 30.3 Å². The zero-order chi connectivity index (χ0) is 15.9. The maximum atomic E-state index is 12.4. The first-order valence-corrected chi connectivity index (χ1v) is 6.91. The van der Waals surface area contributed by atoms with E-state index in [0.717, 1.165) is 17.7 Å². The second-order valence-electron chi connectivity index (χ2n) is 4.67. The molecule has 0 saturated heterocycles. The average Bonchev–Trinajstić information content (AvgIpc) is 2.56. The Bertz CT molecular complexity index is 666. The molecule has 0 spiro atoms. The number of nitrogens with one attached hydrogen (secondary N) is 2. The number of ether oxygens (including phenoxy) is 1. The number of aromatic nitrogens is 1. The van der Waals surface area contributed by atoms with Crippen molar-refractivity contribution in [3.63, 3.8) is 0 Å². The van der Waals surface area contributed by atoms with Crippen LogP contribution in [0.5, 0.6) is 5.88 Å².